The summed E-state index contributed by atoms with van der Waals surface area (Å²) in [6.07, 6.45) is 0.431. The van der Waals surface area contributed by atoms with Gasteiger partial charge in [0.05, 0.1) is 18.1 Å². The van der Waals surface area contributed by atoms with Gasteiger partial charge in [0.1, 0.15) is 9.33 Å². The molecule has 4 nitrogen and oxygen atoms in total. The van der Waals surface area contributed by atoms with Crippen LogP contribution in [0.15, 0.2) is 0 Å². The molecule has 0 saturated heterocycles. The van der Waals surface area contributed by atoms with Gasteiger partial charge in [0.2, 0.25) is 5.91 Å². The number of thiophene rings is 1. The number of aryl methyl sites for hydroxylation is 1. The Labute approximate surface area is 131 Å². The SMILES string of the molecule is CCOC(=O)c1c(NC(=O)C2CC2(Cl)Cl)sc(C)c1C. The molecule has 1 aromatic rings. The highest BCUT2D eigenvalue weighted by molar-refractivity contribution is 7.16. The van der Waals surface area contributed by atoms with Crippen LogP contribution in [0, 0.1) is 19.8 Å². The molecule has 110 valence electrons. The highest BCUT2D eigenvalue weighted by atomic mass is 35.5. The molecule has 1 fully saturated rings. The third kappa shape index (κ3) is 2.95. The van der Waals surface area contributed by atoms with E-state index >= 15 is 0 Å². The third-order valence-electron chi connectivity index (χ3n) is 3.24. The number of amides is 1. The second-order valence-electron chi connectivity index (χ2n) is 4.71. The highest BCUT2D eigenvalue weighted by Crippen LogP contribution is 2.53. The summed E-state index contributed by atoms with van der Waals surface area (Å²) >= 11 is 13.1. The summed E-state index contributed by atoms with van der Waals surface area (Å²) in [5, 5.41) is 3.24. The molecule has 1 N–H and O–H groups in total. The monoisotopic (exact) mass is 335 g/mol. The van der Waals surface area contributed by atoms with Gasteiger partial charge in [0, 0.05) is 4.88 Å². The van der Waals surface area contributed by atoms with Crippen LogP contribution in [0.2, 0.25) is 0 Å². The summed E-state index contributed by atoms with van der Waals surface area (Å²) in [4.78, 5) is 25.0. The van der Waals surface area contributed by atoms with E-state index in [2.05, 4.69) is 5.32 Å². The van der Waals surface area contributed by atoms with Crippen molar-refractivity contribution in [3.05, 3.63) is 16.0 Å². The van der Waals surface area contributed by atoms with Crippen molar-refractivity contribution >= 4 is 51.4 Å². The molecule has 0 bridgehead atoms. The standard InChI is InChI=1S/C13H15Cl2NO3S/c1-4-19-12(18)9-6(2)7(3)20-11(9)16-10(17)8-5-13(8,14)15/h8H,4-5H2,1-3H3,(H,16,17). The van der Waals surface area contributed by atoms with Crippen molar-refractivity contribution < 1.29 is 14.3 Å². The first-order valence-corrected chi connectivity index (χ1v) is 7.81. The number of alkyl halides is 2. The molecular weight excluding hydrogens is 321 g/mol. The molecule has 1 aliphatic carbocycles. The number of halogens is 2. The van der Waals surface area contributed by atoms with E-state index in [1.54, 1.807) is 6.92 Å². The van der Waals surface area contributed by atoms with E-state index in [0.29, 0.717) is 17.0 Å². The first-order valence-electron chi connectivity index (χ1n) is 6.23. The lowest BCUT2D eigenvalue weighted by Crippen LogP contribution is -2.18. The molecule has 20 heavy (non-hydrogen) atoms. The van der Waals surface area contributed by atoms with Crippen LogP contribution in [0.25, 0.3) is 0 Å². The van der Waals surface area contributed by atoms with Crippen LogP contribution in [-0.4, -0.2) is 22.8 Å². The average Bonchev–Trinajstić information content (AvgIpc) is 2.89. The van der Waals surface area contributed by atoms with Crippen molar-refractivity contribution in [2.24, 2.45) is 5.92 Å². The Morgan fingerprint density at radius 3 is 2.55 bits per heavy atom. The van der Waals surface area contributed by atoms with E-state index in [0.717, 1.165) is 10.4 Å². The molecule has 0 aliphatic heterocycles. The van der Waals surface area contributed by atoms with E-state index < -0.39 is 16.2 Å². The average molecular weight is 336 g/mol. The zero-order valence-electron chi connectivity index (χ0n) is 11.4. The summed E-state index contributed by atoms with van der Waals surface area (Å²) < 4.78 is 4.05. The maximum atomic E-state index is 12.0. The molecule has 1 unspecified atom stereocenters. The van der Waals surface area contributed by atoms with E-state index in [4.69, 9.17) is 27.9 Å². The quantitative estimate of drug-likeness (QED) is 0.674. The topological polar surface area (TPSA) is 55.4 Å². The van der Waals surface area contributed by atoms with Gasteiger partial charge in [-0.15, -0.1) is 34.5 Å². The van der Waals surface area contributed by atoms with Crippen LogP contribution in [0.1, 0.15) is 34.1 Å². The Balaban J connectivity index is 2.21. The van der Waals surface area contributed by atoms with E-state index in [9.17, 15) is 9.59 Å². The minimum atomic E-state index is -0.977. The van der Waals surface area contributed by atoms with Crippen molar-refractivity contribution in [2.45, 2.75) is 31.5 Å². The fourth-order valence-electron chi connectivity index (χ4n) is 1.86. The molecule has 2 rings (SSSR count). The van der Waals surface area contributed by atoms with E-state index in [1.807, 2.05) is 13.8 Å². The lowest BCUT2D eigenvalue weighted by Gasteiger charge is -2.07. The largest absolute Gasteiger partial charge is 0.462 e. The van der Waals surface area contributed by atoms with Crippen molar-refractivity contribution in [3.8, 4) is 0 Å². The van der Waals surface area contributed by atoms with Gasteiger partial charge in [-0.3, -0.25) is 4.79 Å². The van der Waals surface area contributed by atoms with Gasteiger partial charge in [-0.05, 0) is 32.8 Å². The predicted molar refractivity (Wildman–Crippen MR) is 80.9 cm³/mol. The molecular formula is C13H15Cl2NO3S. The molecule has 7 heteroatoms. The molecule has 0 radical (unpaired) electrons. The van der Waals surface area contributed by atoms with Gasteiger partial charge in [-0.2, -0.15) is 0 Å². The van der Waals surface area contributed by atoms with Gasteiger partial charge in [-0.25, -0.2) is 4.79 Å². The molecule has 1 amide bonds. The number of nitrogens with one attached hydrogen (secondary N) is 1. The van der Waals surface area contributed by atoms with Crippen LogP contribution in [0.3, 0.4) is 0 Å². The summed E-state index contributed by atoms with van der Waals surface area (Å²) in [5.41, 5.74) is 1.24. The Morgan fingerprint density at radius 2 is 2.05 bits per heavy atom. The minimum Gasteiger partial charge on any atom is -0.462 e. The summed E-state index contributed by atoms with van der Waals surface area (Å²) in [6, 6.07) is 0. The summed E-state index contributed by atoms with van der Waals surface area (Å²) in [5.74, 6) is -1.12. The Morgan fingerprint density at radius 1 is 1.45 bits per heavy atom. The van der Waals surface area contributed by atoms with Gasteiger partial charge in [0.15, 0.2) is 0 Å². The number of esters is 1. The Hall–Kier alpha value is -0.780. The lowest BCUT2D eigenvalue weighted by atomic mass is 10.1. The zero-order chi connectivity index (χ0) is 15.1. The lowest BCUT2D eigenvalue weighted by molar-refractivity contribution is -0.117. The second kappa shape index (κ2) is 5.54. The van der Waals surface area contributed by atoms with Crippen LogP contribution in [0.5, 0.6) is 0 Å². The van der Waals surface area contributed by atoms with Gasteiger partial charge in [0.25, 0.3) is 0 Å². The molecule has 0 spiro atoms. The minimum absolute atomic E-state index is 0.262. The van der Waals surface area contributed by atoms with Crippen molar-refractivity contribution in [1.82, 2.24) is 0 Å². The van der Waals surface area contributed by atoms with E-state index in [-0.39, 0.29) is 12.5 Å². The van der Waals surface area contributed by atoms with Crippen molar-refractivity contribution in [2.75, 3.05) is 11.9 Å². The first kappa shape index (κ1) is 15.6. The molecule has 1 aromatic heterocycles. The van der Waals surface area contributed by atoms with Crippen LogP contribution < -0.4 is 5.32 Å². The fraction of sp³-hybridized carbons (Fsp3) is 0.538. The maximum absolute atomic E-state index is 12.0. The third-order valence-corrected chi connectivity index (χ3v) is 5.20. The fourth-order valence-corrected chi connectivity index (χ4v) is 3.42. The second-order valence-corrected chi connectivity index (χ2v) is 7.48. The number of hydrogen-bond acceptors (Lipinski definition) is 4. The van der Waals surface area contributed by atoms with Crippen molar-refractivity contribution in [1.29, 1.82) is 0 Å². The molecule has 1 atom stereocenters. The zero-order valence-corrected chi connectivity index (χ0v) is 13.7. The number of ether oxygens (including phenoxy) is 1. The molecule has 1 heterocycles. The smallest absolute Gasteiger partial charge is 0.341 e. The van der Waals surface area contributed by atoms with Gasteiger partial charge >= 0.3 is 5.97 Å². The van der Waals surface area contributed by atoms with Gasteiger partial charge in [-0.1, -0.05) is 0 Å². The Kier molecular flexibility index (Phi) is 4.33. The molecule has 0 aromatic carbocycles. The maximum Gasteiger partial charge on any atom is 0.341 e. The van der Waals surface area contributed by atoms with Crippen LogP contribution in [0.4, 0.5) is 5.00 Å². The molecule has 1 aliphatic rings. The number of rotatable bonds is 4. The number of carbonyl (C=O) groups is 2. The Bertz CT molecular complexity index is 568. The highest BCUT2D eigenvalue weighted by Gasteiger charge is 2.56. The number of anilines is 1. The summed E-state index contributed by atoms with van der Waals surface area (Å²) in [6.45, 7) is 5.75. The first-order chi connectivity index (χ1) is 9.27. The van der Waals surface area contributed by atoms with Crippen molar-refractivity contribution in [3.63, 3.8) is 0 Å². The van der Waals surface area contributed by atoms with Crippen LogP contribution in [-0.2, 0) is 9.53 Å². The number of carbonyl (C=O) groups excluding carboxylic acids is 2. The summed E-state index contributed by atoms with van der Waals surface area (Å²) in [7, 11) is 0. The predicted octanol–water partition coefficient (Wildman–Crippen LogP) is 3.67. The van der Waals surface area contributed by atoms with E-state index in [1.165, 1.54) is 11.3 Å². The van der Waals surface area contributed by atoms with Crippen LogP contribution >= 0.6 is 34.5 Å². The molecule has 1 saturated carbocycles. The van der Waals surface area contributed by atoms with Gasteiger partial charge < -0.3 is 10.1 Å². The normalized spacial score (nSPS) is 19.6. The number of hydrogen-bond donors (Lipinski definition) is 1.